The van der Waals surface area contributed by atoms with Crippen LogP contribution in [0.3, 0.4) is 0 Å². The highest BCUT2D eigenvalue weighted by Gasteiger charge is 2.24. The minimum atomic E-state index is 0.101. The second kappa shape index (κ2) is 4.73. The number of benzene rings is 1. The van der Waals surface area contributed by atoms with E-state index in [2.05, 4.69) is 32.0 Å². The predicted molar refractivity (Wildman–Crippen MR) is 74.9 cm³/mol. The van der Waals surface area contributed by atoms with Gasteiger partial charge in [-0.05, 0) is 42.0 Å². The van der Waals surface area contributed by atoms with Crippen LogP contribution in [-0.4, -0.2) is 19.5 Å². The van der Waals surface area contributed by atoms with Gasteiger partial charge in [0, 0.05) is 19.2 Å². The van der Waals surface area contributed by atoms with Crippen LogP contribution in [-0.2, 0) is 16.6 Å². The SMILES string of the molecule is CN1C(=O)CCc2cc(C(C)(C)CCN)ccc21. The van der Waals surface area contributed by atoms with E-state index in [1.807, 2.05) is 7.05 Å². The molecule has 0 unspecified atom stereocenters. The largest absolute Gasteiger partial charge is 0.330 e. The quantitative estimate of drug-likeness (QED) is 0.889. The number of hydrogen-bond donors (Lipinski definition) is 1. The average molecular weight is 246 g/mol. The van der Waals surface area contributed by atoms with E-state index in [-0.39, 0.29) is 11.3 Å². The Labute approximate surface area is 109 Å². The van der Waals surface area contributed by atoms with Crippen molar-refractivity contribution in [3.8, 4) is 0 Å². The Kier molecular flexibility index (Phi) is 3.44. The molecule has 0 radical (unpaired) electrons. The number of carbonyl (C=O) groups is 1. The Hall–Kier alpha value is -1.35. The maximum atomic E-state index is 11.7. The van der Waals surface area contributed by atoms with Crippen molar-refractivity contribution in [2.75, 3.05) is 18.5 Å². The molecule has 1 heterocycles. The van der Waals surface area contributed by atoms with Crippen molar-refractivity contribution in [3.63, 3.8) is 0 Å². The van der Waals surface area contributed by atoms with Gasteiger partial charge in [-0.3, -0.25) is 4.79 Å². The first kappa shape index (κ1) is 13.1. The van der Waals surface area contributed by atoms with E-state index < -0.39 is 0 Å². The Balaban J connectivity index is 2.36. The van der Waals surface area contributed by atoms with Gasteiger partial charge >= 0.3 is 0 Å². The van der Waals surface area contributed by atoms with Gasteiger partial charge in [-0.2, -0.15) is 0 Å². The highest BCUT2D eigenvalue weighted by atomic mass is 16.2. The van der Waals surface area contributed by atoms with Crippen LogP contribution in [0.5, 0.6) is 0 Å². The van der Waals surface area contributed by atoms with Gasteiger partial charge in [0.2, 0.25) is 5.91 Å². The summed E-state index contributed by atoms with van der Waals surface area (Å²) in [6.07, 6.45) is 2.44. The molecule has 0 bridgehead atoms. The summed E-state index contributed by atoms with van der Waals surface area (Å²) in [5.74, 6) is 0.205. The van der Waals surface area contributed by atoms with Gasteiger partial charge in [0.05, 0.1) is 0 Å². The fourth-order valence-corrected chi connectivity index (χ4v) is 2.58. The van der Waals surface area contributed by atoms with E-state index in [1.54, 1.807) is 4.90 Å². The van der Waals surface area contributed by atoms with Crippen LogP contribution < -0.4 is 10.6 Å². The predicted octanol–water partition coefficient (Wildman–Crippen LogP) is 2.22. The molecule has 0 spiro atoms. The lowest BCUT2D eigenvalue weighted by Gasteiger charge is -2.30. The Bertz CT molecular complexity index is 466. The number of anilines is 1. The van der Waals surface area contributed by atoms with E-state index in [0.717, 1.165) is 18.5 Å². The number of hydrogen-bond acceptors (Lipinski definition) is 2. The van der Waals surface area contributed by atoms with Crippen LogP contribution in [0.15, 0.2) is 18.2 Å². The Morgan fingerprint density at radius 2 is 2.06 bits per heavy atom. The van der Waals surface area contributed by atoms with E-state index in [4.69, 9.17) is 5.73 Å². The van der Waals surface area contributed by atoms with E-state index in [1.165, 1.54) is 11.1 Å². The van der Waals surface area contributed by atoms with Crippen molar-refractivity contribution in [1.29, 1.82) is 0 Å². The highest BCUT2D eigenvalue weighted by molar-refractivity contribution is 5.95. The fraction of sp³-hybridized carbons (Fsp3) is 0.533. The summed E-state index contributed by atoms with van der Waals surface area (Å²) in [5, 5.41) is 0. The smallest absolute Gasteiger partial charge is 0.227 e. The zero-order chi connectivity index (χ0) is 13.3. The van der Waals surface area contributed by atoms with Gasteiger partial charge < -0.3 is 10.6 Å². The lowest BCUT2D eigenvalue weighted by Crippen LogP contribution is -2.31. The second-order valence-electron chi connectivity index (χ2n) is 5.72. The maximum Gasteiger partial charge on any atom is 0.227 e. The summed E-state index contributed by atoms with van der Waals surface area (Å²) in [6.45, 7) is 5.14. The van der Waals surface area contributed by atoms with Crippen LogP contribution in [0.1, 0.15) is 37.8 Å². The number of carbonyl (C=O) groups excluding carboxylic acids is 1. The third kappa shape index (κ3) is 2.27. The minimum absolute atomic E-state index is 0.101. The molecule has 1 aromatic carbocycles. The van der Waals surface area contributed by atoms with Crippen molar-refractivity contribution >= 4 is 11.6 Å². The van der Waals surface area contributed by atoms with Crippen molar-refractivity contribution < 1.29 is 4.79 Å². The molecule has 0 saturated heterocycles. The zero-order valence-electron chi connectivity index (χ0n) is 11.5. The lowest BCUT2D eigenvalue weighted by molar-refractivity contribution is -0.118. The summed E-state index contributed by atoms with van der Waals surface area (Å²) in [7, 11) is 1.85. The molecule has 3 heteroatoms. The fourth-order valence-electron chi connectivity index (χ4n) is 2.58. The first-order valence-electron chi connectivity index (χ1n) is 6.56. The summed E-state index contributed by atoms with van der Waals surface area (Å²) >= 11 is 0. The third-order valence-electron chi connectivity index (χ3n) is 3.97. The minimum Gasteiger partial charge on any atom is -0.330 e. The molecule has 0 saturated carbocycles. The van der Waals surface area contributed by atoms with Crippen molar-refractivity contribution in [2.24, 2.45) is 5.73 Å². The molecular formula is C15H22N2O. The lowest BCUT2D eigenvalue weighted by atomic mass is 9.80. The number of nitrogens with two attached hydrogens (primary N) is 1. The molecule has 2 N–H and O–H groups in total. The number of amides is 1. The molecule has 0 aliphatic carbocycles. The van der Waals surface area contributed by atoms with Crippen LogP contribution in [0.2, 0.25) is 0 Å². The second-order valence-corrected chi connectivity index (χ2v) is 5.72. The molecule has 98 valence electrons. The monoisotopic (exact) mass is 246 g/mol. The van der Waals surface area contributed by atoms with Crippen LogP contribution >= 0.6 is 0 Å². The Morgan fingerprint density at radius 1 is 1.33 bits per heavy atom. The van der Waals surface area contributed by atoms with Gasteiger partial charge in [0.15, 0.2) is 0 Å². The molecule has 0 aromatic heterocycles. The molecule has 1 aliphatic heterocycles. The van der Waals surface area contributed by atoms with Crippen LogP contribution in [0.25, 0.3) is 0 Å². The van der Waals surface area contributed by atoms with E-state index in [9.17, 15) is 4.79 Å². The summed E-state index contributed by atoms with van der Waals surface area (Å²) < 4.78 is 0. The molecule has 1 aliphatic rings. The first-order valence-corrected chi connectivity index (χ1v) is 6.56. The molecule has 0 fully saturated rings. The molecule has 18 heavy (non-hydrogen) atoms. The van der Waals surface area contributed by atoms with Gasteiger partial charge in [-0.15, -0.1) is 0 Å². The van der Waals surface area contributed by atoms with Crippen molar-refractivity contribution in [3.05, 3.63) is 29.3 Å². The van der Waals surface area contributed by atoms with Gasteiger partial charge in [-0.25, -0.2) is 0 Å². The standard InChI is InChI=1S/C15H22N2O/c1-15(2,8-9-16)12-5-6-13-11(10-12)4-7-14(18)17(13)3/h5-6,10H,4,7-9,16H2,1-3H3. The number of rotatable bonds is 3. The molecular weight excluding hydrogens is 224 g/mol. The van der Waals surface area contributed by atoms with Crippen molar-refractivity contribution in [1.82, 2.24) is 0 Å². The number of fused-ring (bicyclic) bond motifs is 1. The first-order chi connectivity index (χ1) is 8.45. The average Bonchev–Trinajstić information content (AvgIpc) is 2.33. The van der Waals surface area contributed by atoms with Gasteiger partial charge in [0.1, 0.15) is 0 Å². The molecule has 1 aromatic rings. The third-order valence-corrected chi connectivity index (χ3v) is 3.97. The number of nitrogens with zero attached hydrogens (tertiary/aromatic N) is 1. The molecule has 0 atom stereocenters. The zero-order valence-corrected chi connectivity index (χ0v) is 11.5. The summed E-state index contributed by atoms with van der Waals surface area (Å²) in [4.78, 5) is 13.4. The van der Waals surface area contributed by atoms with E-state index in [0.29, 0.717) is 13.0 Å². The van der Waals surface area contributed by atoms with Gasteiger partial charge in [-0.1, -0.05) is 26.0 Å². The number of aryl methyl sites for hydroxylation is 1. The summed E-state index contributed by atoms with van der Waals surface area (Å²) in [5.41, 5.74) is 9.42. The summed E-state index contributed by atoms with van der Waals surface area (Å²) in [6, 6.07) is 6.44. The van der Waals surface area contributed by atoms with E-state index >= 15 is 0 Å². The highest BCUT2D eigenvalue weighted by Crippen LogP contribution is 2.33. The molecule has 3 nitrogen and oxygen atoms in total. The van der Waals surface area contributed by atoms with Crippen LogP contribution in [0, 0.1) is 0 Å². The normalized spacial score (nSPS) is 15.8. The molecule has 2 rings (SSSR count). The van der Waals surface area contributed by atoms with Crippen molar-refractivity contribution in [2.45, 2.75) is 38.5 Å². The molecule has 1 amide bonds. The van der Waals surface area contributed by atoms with Crippen LogP contribution in [0.4, 0.5) is 5.69 Å². The Morgan fingerprint density at radius 3 is 2.72 bits per heavy atom. The topological polar surface area (TPSA) is 46.3 Å². The van der Waals surface area contributed by atoms with Gasteiger partial charge in [0.25, 0.3) is 0 Å². The maximum absolute atomic E-state index is 11.7.